The first-order chi connectivity index (χ1) is 8.70. The van der Waals surface area contributed by atoms with Crippen molar-refractivity contribution in [2.45, 2.75) is 13.5 Å². The van der Waals surface area contributed by atoms with Crippen LogP contribution in [0.15, 0.2) is 11.6 Å². The van der Waals surface area contributed by atoms with Crippen LogP contribution in [0.5, 0.6) is 0 Å². The molecule has 0 bridgehead atoms. The molecule has 0 aliphatic heterocycles. The molecule has 0 aliphatic rings. The Morgan fingerprint density at radius 1 is 1.50 bits per heavy atom. The van der Waals surface area contributed by atoms with Crippen molar-refractivity contribution in [1.29, 1.82) is 0 Å². The zero-order valence-electron chi connectivity index (χ0n) is 10.9. The van der Waals surface area contributed by atoms with Crippen LogP contribution < -0.4 is 5.32 Å². The van der Waals surface area contributed by atoms with Crippen LogP contribution in [0, 0.1) is 6.92 Å². The molecule has 0 aliphatic carbocycles. The quantitative estimate of drug-likeness (QED) is 0.807. The minimum absolute atomic E-state index is 0.722. The summed E-state index contributed by atoms with van der Waals surface area (Å²) in [5.41, 5.74) is 3.13. The summed E-state index contributed by atoms with van der Waals surface area (Å²) in [6.07, 6.45) is 2.01. The standard InChI is InChI=1S/C12H18N4OS/c1-9-10(7-16(2)15-9)11-8-18-12(14-11)6-13-4-5-17-3/h7-8,13H,4-6H2,1-3H3. The molecule has 0 fully saturated rings. The molecule has 98 valence electrons. The van der Waals surface area contributed by atoms with E-state index >= 15 is 0 Å². The number of aryl methyl sites for hydroxylation is 2. The molecule has 0 saturated heterocycles. The Bertz CT molecular complexity index is 506. The van der Waals surface area contributed by atoms with Gasteiger partial charge < -0.3 is 10.1 Å². The number of nitrogens with one attached hydrogen (secondary N) is 1. The second-order valence-corrected chi connectivity index (χ2v) is 5.04. The predicted octanol–water partition coefficient (Wildman–Crippen LogP) is 1.59. The molecule has 0 amide bonds. The lowest BCUT2D eigenvalue weighted by molar-refractivity contribution is 0.199. The Kier molecular flexibility index (Phi) is 4.46. The minimum atomic E-state index is 0.722. The normalized spacial score (nSPS) is 11.1. The second-order valence-electron chi connectivity index (χ2n) is 4.10. The van der Waals surface area contributed by atoms with Gasteiger partial charge in [-0.2, -0.15) is 5.10 Å². The highest BCUT2D eigenvalue weighted by Gasteiger charge is 2.09. The van der Waals surface area contributed by atoms with Gasteiger partial charge in [-0.3, -0.25) is 4.68 Å². The van der Waals surface area contributed by atoms with E-state index in [9.17, 15) is 0 Å². The number of hydrogen-bond donors (Lipinski definition) is 1. The first-order valence-electron chi connectivity index (χ1n) is 5.85. The summed E-state index contributed by atoms with van der Waals surface area (Å²) in [5, 5.41) is 10.8. The highest BCUT2D eigenvalue weighted by molar-refractivity contribution is 7.09. The summed E-state index contributed by atoms with van der Waals surface area (Å²) in [4.78, 5) is 4.61. The summed E-state index contributed by atoms with van der Waals surface area (Å²) in [6, 6.07) is 0. The Hall–Kier alpha value is -1.24. The van der Waals surface area contributed by atoms with E-state index < -0.39 is 0 Å². The molecule has 5 nitrogen and oxygen atoms in total. The van der Waals surface area contributed by atoms with E-state index in [0.29, 0.717) is 0 Å². The van der Waals surface area contributed by atoms with Gasteiger partial charge in [-0.15, -0.1) is 11.3 Å². The molecule has 2 rings (SSSR count). The zero-order valence-corrected chi connectivity index (χ0v) is 11.8. The van der Waals surface area contributed by atoms with Gasteiger partial charge in [0.15, 0.2) is 0 Å². The maximum Gasteiger partial charge on any atom is 0.107 e. The van der Waals surface area contributed by atoms with E-state index in [-0.39, 0.29) is 0 Å². The Morgan fingerprint density at radius 2 is 2.33 bits per heavy atom. The number of thiazole rings is 1. The van der Waals surface area contributed by atoms with Gasteiger partial charge in [0.2, 0.25) is 0 Å². The summed E-state index contributed by atoms with van der Waals surface area (Å²) in [5.74, 6) is 0. The molecule has 2 aromatic rings. The minimum Gasteiger partial charge on any atom is -0.383 e. The van der Waals surface area contributed by atoms with Crippen LogP contribution >= 0.6 is 11.3 Å². The first kappa shape index (κ1) is 13.2. The molecule has 0 radical (unpaired) electrons. The topological polar surface area (TPSA) is 52.0 Å². The zero-order chi connectivity index (χ0) is 13.0. The molecule has 1 N–H and O–H groups in total. The monoisotopic (exact) mass is 266 g/mol. The van der Waals surface area contributed by atoms with Crippen LogP contribution in [0.25, 0.3) is 11.3 Å². The average molecular weight is 266 g/mol. The van der Waals surface area contributed by atoms with Crippen molar-refractivity contribution in [3.63, 3.8) is 0 Å². The molecule has 0 unspecified atom stereocenters. The van der Waals surface area contributed by atoms with Gasteiger partial charge in [0.1, 0.15) is 5.01 Å². The maximum atomic E-state index is 4.98. The van der Waals surface area contributed by atoms with Crippen LogP contribution in [0.4, 0.5) is 0 Å². The van der Waals surface area contributed by atoms with Crippen molar-refractivity contribution in [2.75, 3.05) is 20.3 Å². The molecule has 0 saturated carbocycles. The van der Waals surface area contributed by atoms with Crippen LogP contribution in [-0.2, 0) is 18.3 Å². The van der Waals surface area contributed by atoms with Crippen molar-refractivity contribution < 1.29 is 4.74 Å². The number of nitrogens with zero attached hydrogens (tertiary/aromatic N) is 3. The molecule has 18 heavy (non-hydrogen) atoms. The van der Waals surface area contributed by atoms with Crippen molar-refractivity contribution >= 4 is 11.3 Å². The third kappa shape index (κ3) is 3.16. The van der Waals surface area contributed by atoms with Crippen LogP contribution in [0.2, 0.25) is 0 Å². The van der Waals surface area contributed by atoms with E-state index in [1.54, 1.807) is 18.4 Å². The Morgan fingerprint density at radius 3 is 3.00 bits per heavy atom. The fourth-order valence-corrected chi connectivity index (χ4v) is 2.50. The van der Waals surface area contributed by atoms with Crippen molar-refractivity contribution in [3.05, 3.63) is 22.3 Å². The van der Waals surface area contributed by atoms with Crippen LogP contribution in [0.1, 0.15) is 10.7 Å². The fourth-order valence-electron chi connectivity index (χ4n) is 1.74. The van der Waals surface area contributed by atoms with E-state index in [2.05, 4.69) is 20.8 Å². The fraction of sp³-hybridized carbons (Fsp3) is 0.500. The predicted molar refractivity (Wildman–Crippen MR) is 72.6 cm³/mol. The second kappa shape index (κ2) is 6.08. The van der Waals surface area contributed by atoms with Gasteiger partial charge in [0.25, 0.3) is 0 Å². The lowest BCUT2D eigenvalue weighted by Crippen LogP contribution is -2.18. The molecule has 6 heteroatoms. The number of aromatic nitrogens is 3. The summed E-state index contributed by atoms with van der Waals surface area (Å²) in [7, 11) is 3.63. The Labute approximate surface area is 111 Å². The van der Waals surface area contributed by atoms with Gasteiger partial charge in [-0.25, -0.2) is 4.98 Å². The molecule has 2 heterocycles. The SMILES string of the molecule is COCCNCc1nc(-c2cn(C)nc2C)cs1. The van der Waals surface area contributed by atoms with Crippen molar-refractivity contribution in [2.24, 2.45) is 7.05 Å². The number of ether oxygens (including phenoxy) is 1. The smallest absolute Gasteiger partial charge is 0.107 e. The lowest BCUT2D eigenvalue weighted by atomic mass is 10.2. The van der Waals surface area contributed by atoms with E-state index in [4.69, 9.17) is 4.74 Å². The highest BCUT2D eigenvalue weighted by atomic mass is 32.1. The molecule has 0 aromatic carbocycles. The number of hydrogen-bond acceptors (Lipinski definition) is 5. The first-order valence-corrected chi connectivity index (χ1v) is 6.73. The van der Waals surface area contributed by atoms with Crippen LogP contribution in [-0.4, -0.2) is 35.0 Å². The summed E-state index contributed by atoms with van der Waals surface area (Å²) in [6.45, 7) is 4.36. The van der Waals surface area contributed by atoms with E-state index in [0.717, 1.165) is 41.7 Å². The van der Waals surface area contributed by atoms with Crippen molar-refractivity contribution in [1.82, 2.24) is 20.1 Å². The summed E-state index contributed by atoms with van der Waals surface area (Å²) >= 11 is 1.67. The highest BCUT2D eigenvalue weighted by Crippen LogP contribution is 2.24. The summed E-state index contributed by atoms with van der Waals surface area (Å²) < 4.78 is 6.80. The third-order valence-corrected chi connectivity index (χ3v) is 3.45. The average Bonchev–Trinajstić information content (AvgIpc) is 2.91. The lowest BCUT2D eigenvalue weighted by Gasteiger charge is -2.00. The molecule has 0 atom stereocenters. The van der Waals surface area contributed by atoms with E-state index in [1.807, 2.05) is 24.9 Å². The van der Waals surface area contributed by atoms with Crippen LogP contribution in [0.3, 0.4) is 0 Å². The molecular formula is C12H18N4OS. The van der Waals surface area contributed by atoms with Gasteiger partial charge in [-0.1, -0.05) is 0 Å². The largest absolute Gasteiger partial charge is 0.383 e. The van der Waals surface area contributed by atoms with Gasteiger partial charge >= 0.3 is 0 Å². The number of methoxy groups -OCH3 is 1. The van der Waals surface area contributed by atoms with Gasteiger partial charge in [0.05, 0.1) is 18.0 Å². The Balaban J connectivity index is 1.99. The molecule has 0 spiro atoms. The number of rotatable bonds is 6. The van der Waals surface area contributed by atoms with E-state index in [1.165, 1.54) is 0 Å². The maximum absolute atomic E-state index is 4.98. The van der Waals surface area contributed by atoms with Crippen molar-refractivity contribution in [3.8, 4) is 11.3 Å². The third-order valence-electron chi connectivity index (χ3n) is 2.60. The molecular weight excluding hydrogens is 248 g/mol. The molecule has 2 aromatic heterocycles. The van der Waals surface area contributed by atoms with Gasteiger partial charge in [0, 0.05) is 44.4 Å². The van der Waals surface area contributed by atoms with Gasteiger partial charge in [-0.05, 0) is 6.92 Å².